The van der Waals surface area contributed by atoms with Crippen LogP contribution >= 0.6 is 34.8 Å². The first-order chi connectivity index (χ1) is 9.09. The predicted octanol–water partition coefficient (Wildman–Crippen LogP) is 4.63. The summed E-state index contributed by atoms with van der Waals surface area (Å²) >= 11 is 17.6. The van der Waals surface area contributed by atoms with Gasteiger partial charge in [0.1, 0.15) is 5.82 Å². The van der Waals surface area contributed by atoms with Crippen LogP contribution in [-0.2, 0) is 0 Å². The summed E-state index contributed by atoms with van der Waals surface area (Å²) in [5, 5.41) is 4.74. The van der Waals surface area contributed by atoms with Crippen LogP contribution < -0.4 is 5.43 Å². The summed E-state index contributed by atoms with van der Waals surface area (Å²) < 4.78 is 13.5. The van der Waals surface area contributed by atoms with Gasteiger partial charge in [-0.2, -0.15) is 5.10 Å². The van der Waals surface area contributed by atoms with E-state index in [2.05, 4.69) is 15.5 Å². The highest BCUT2D eigenvalue weighted by atomic mass is 35.5. The molecule has 0 amide bonds. The molecule has 0 spiro atoms. The Morgan fingerprint density at radius 3 is 2.42 bits per heavy atom. The largest absolute Gasteiger partial charge is 0.275 e. The van der Waals surface area contributed by atoms with E-state index in [9.17, 15) is 4.39 Å². The molecule has 0 atom stereocenters. The number of nitrogens with one attached hydrogen (secondary N) is 1. The third kappa shape index (κ3) is 3.35. The maximum absolute atomic E-state index is 13.5. The number of pyridine rings is 1. The first-order valence-electron chi connectivity index (χ1n) is 5.11. The molecule has 0 unspecified atom stereocenters. The van der Waals surface area contributed by atoms with E-state index in [1.807, 2.05) is 0 Å². The second-order valence-electron chi connectivity index (χ2n) is 3.48. The van der Waals surface area contributed by atoms with Gasteiger partial charge < -0.3 is 0 Å². The Balaban J connectivity index is 2.21. The van der Waals surface area contributed by atoms with E-state index in [1.54, 1.807) is 6.07 Å². The minimum absolute atomic E-state index is 0.179. The molecule has 0 aliphatic carbocycles. The Morgan fingerprint density at radius 1 is 1.11 bits per heavy atom. The number of hydrogen-bond acceptors (Lipinski definition) is 3. The zero-order valence-electron chi connectivity index (χ0n) is 9.37. The predicted molar refractivity (Wildman–Crippen MR) is 76.9 cm³/mol. The van der Waals surface area contributed by atoms with E-state index in [-0.39, 0.29) is 10.6 Å². The molecule has 0 radical (unpaired) electrons. The van der Waals surface area contributed by atoms with E-state index in [0.717, 1.165) is 0 Å². The van der Waals surface area contributed by atoms with Gasteiger partial charge in [-0.25, -0.2) is 4.39 Å². The number of halogens is 4. The van der Waals surface area contributed by atoms with Gasteiger partial charge in [-0.3, -0.25) is 10.4 Å². The van der Waals surface area contributed by atoms with Crippen molar-refractivity contribution in [3.05, 3.63) is 57.0 Å². The van der Waals surface area contributed by atoms with Gasteiger partial charge in [0.25, 0.3) is 0 Å². The highest BCUT2D eigenvalue weighted by Crippen LogP contribution is 2.28. The number of hydrazone groups is 1. The van der Waals surface area contributed by atoms with Crippen molar-refractivity contribution in [2.45, 2.75) is 0 Å². The minimum Gasteiger partial charge on any atom is -0.275 e. The molecule has 7 heteroatoms. The summed E-state index contributed by atoms with van der Waals surface area (Å²) in [6.07, 6.45) is 4.09. The van der Waals surface area contributed by atoms with Gasteiger partial charge in [-0.1, -0.05) is 40.9 Å². The summed E-state index contributed by atoms with van der Waals surface area (Å²) in [6.45, 7) is 0. The third-order valence-electron chi connectivity index (χ3n) is 2.22. The van der Waals surface area contributed by atoms with Gasteiger partial charge in [0, 0.05) is 18.0 Å². The van der Waals surface area contributed by atoms with Crippen LogP contribution in [0.2, 0.25) is 15.1 Å². The van der Waals surface area contributed by atoms with Gasteiger partial charge in [-0.15, -0.1) is 0 Å². The molecule has 0 fully saturated rings. The van der Waals surface area contributed by atoms with Gasteiger partial charge in [-0.05, 0) is 12.1 Å². The first-order valence-corrected chi connectivity index (χ1v) is 6.25. The average Bonchev–Trinajstić information content (AvgIpc) is 2.36. The van der Waals surface area contributed by atoms with Crippen LogP contribution in [0.4, 0.5) is 10.1 Å². The van der Waals surface area contributed by atoms with Crippen molar-refractivity contribution in [1.82, 2.24) is 4.98 Å². The monoisotopic (exact) mass is 317 g/mol. The number of hydrogen-bond donors (Lipinski definition) is 1. The zero-order chi connectivity index (χ0) is 13.8. The van der Waals surface area contributed by atoms with Crippen molar-refractivity contribution in [2.24, 2.45) is 5.10 Å². The van der Waals surface area contributed by atoms with Crippen LogP contribution in [0.25, 0.3) is 0 Å². The average molecular weight is 319 g/mol. The quantitative estimate of drug-likeness (QED) is 0.662. The summed E-state index contributed by atoms with van der Waals surface area (Å²) in [5.41, 5.74) is 3.19. The molecule has 0 saturated carbocycles. The number of rotatable bonds is 3. The van der Waals surface area contributed by atoms with Crippen molar-refractivity contribution in [1.29, 1.82) is 0 Å². The molecule has 1 heterocycles. The van der Waals surface area contributed by atoms with Crippen LogP contribution in [-0.4, -0.2) is 11.2 Å². The third-order valence-corrected chi connectivity index (χ3v) is 3.13. The van der Waals surface area contributed by atoms with Crippen molar-refractivity contribution in [3.8, 4) is 0 Å². The molecule has 1 aromatic heterocycles. The van der Waals surface area contributed by atoms with Crippen LogP contribution in [0.3, 0.4) is 0 Å². The molecule has 3 nitrogen and oxygen atoms in total. The zero-order valence-corrected chi connectivity index (χ0v) is 11.6. The summed E-state index contributed by atoms with van der Waals surface area (Å²) in [5.74, 6) is -0.468. The maximum Gasteiger partial charge on any atom is 0.133 e. The molecular weight excluding hydrogens is 312 g/mol. The lowest BCUT2D eigenvalue weighted by molar-refractivity contribution is 0.626. The Kier molecular flexibility index (Phi) is 4.58. The van der Waals surface area contributed by atoms with Crippen molar-refractivity contribution in [3.63, 3.8) is 0 Å². The van der Waals surface area contributed by atoms with Crippen molar-refractivity contribution < 1.29 is 4.39 Å². The SMILES string of the molecule is Fc1cccc(Cl)c1/C=N/Nc1c(Cl)cncc1Cl. The van der Waals surface area contributed by atoms with Crippen LogP contribution in [0.1, 0.15) is 5.56 Å². The molecule has 0 aliphatic heterocycles. The Bertz CT molecular complexity index is 591. The second-order valence-corrected chi connectivity index (χ2v) is 4.71. The number of nitrogens with zero attached hydrogens (tertiary/aromatic N) is 2. The Hall–Kier alpha value is -1.36. The van der Waals surface area contributed by atoms with Crippen LogP contribution in [0, 0.1) is 5.82 Å². The molecule has 2 aromatic rings. The van der Waals surface area contributed by atoms with Crippen molar-refractivity contribution in [2.75, 3.05) is 5.43 Å². The molecule has 0 aliphatic rings. The molecule has 1 aromatic carbocycles. The lowest BCUT2D eigenvalue weighted by atomic mass is 10.2. The topological polar surface area (TPSA) is 37.3 Å². The lowest BCUT2D eigenvalue weighted by Gasteiger charge is -2.05. The Morgan fingerprint density at radius 2 is 1.79 bits per heavy atom. The standard InChI is InChI=1S/C12H7Cl3FN3/c13-8-2-1-3-11(16)7(8)4-18-19-12-9(14)5-17-6-10(12)15/h1-6H,(H,17,19)/b18-4+. The first kappa shape index (κ1) is 14.1. The highest BCUT2D eigenvalue weighted by molar-refractivity contribution is 6.38. The smallest absolute Gasteiger partial charge is 0.133 e. The van der Waals surface area contributed by atoms with Gasteiger partial charge >= 0.3 is 0 Å². The van der Waals surface area contributed by atoms with Crippen LogP contribution in [0.5, 0.6) is 0 Å². The maximum atomic E-state index is 13.5. The van der Waals surface area contributed by atoms with E-state index in [0.29, 0.717) is 15.7 Å². The molecule has 19 heavy (non-hydrogen) atoms. The van der Waals surface area contributed by atoms with Crippen molar-refractivity contribution >= 4 is 46.7 Å². The summed E-state index contributed by atoms with van der Waals surface area (Å²) in [7, 11) is 0. The van der Waals surface area contributed by atoms with Gasteiger partial charge in [0.2, 0.25) is 0 Å². The second kappa shape index (κ2) is 6.19. The number of benzene rings is 1. The summed E-state index contributed by atoms with van der Waals surface area (Å²) in [4.78, 5) is 3.80. The fourth-order valence-electron chi connectivity index (χ4n) is 1.31. The normalized spacial score (nSPS) is 10.9. The molecule has 0 saturated heterocycles. The molecule has 98 valence electrons. The summed E-state index contributed by atoms with van der Waals surface area (Å²) in [6, 6.07) is 4.37. The van der Waals surface area contributed by atoms with Gasteiger partial charge in [0.05, 0.1) is 27.0 Å². The number of aromatic nitrogens is 1. The fourth-order valence-corrected chi connectivity index (χ4v) is 1.97. The van der Waals surface area contributed by atoms with Gasteiger partial charge in [0.15, 0.2) is 0 Å². The van der Waals surface area contributed by atoms with E-state index >= 15 is 0 Å². The fraction of sp³-hybridized carbons (Fsp3) is 0. The van der Waals surface area contributed by atoms with E-state index in [1.165, 1.54) is 30.7 Å². The van der Waals surface area contributed by atoms with Crippen LogP contribution in [0.15, 0.2) is 35.7 Å². The molecular formula is C12H7Cl3FN3. The molecule has 0 bridgehead atoms. The Labute approximate surface area is 124 Å². The molecule has 1 N–H and O–H groups in total. The molecule has 2 rings (SSSR count). The minimum atomic E-state index is -0.468. The van der Waals surface area contributed by atoms with E-state index < -0.39 is 5.82 Å². The van der Waals surface area contributed by atoms with E-state index in [4.69, 9.17) is 34.8 Å². The highest BCUT2D eigenvalue weighted by Gasteiger charge is 2.06. The number of anilines is 1. The lowest BCUT2D eigenvalue weighted by Crippen LogP contribution is -1.95.